The van der Waals surface area contributed by atoms with Crippen LogP contribution in [-0.4, -0.2) is 34.8 Å². The number of allylic oxidation sites excluding steroid dienone is 2. The van der Waals surface area contributed by atoms with Crippen LogP contribution in [0, 0.1) is 5.92 Å². The average molecular weight is 322 g/mol. The standard InChI is InChI=1S/C17H26N2O4/c1-5-19(16(22)23-17(2,3)4)18-12-7-6-8-13(20)14(12)15(21)11-9-10-11/h11,18H,5-10H2,1-4H3. The molecular formula is C17H26N2O4. The number of carbonyl (C=O) groups excluding carboxylic acids is 3. The van der Waals surface area contributed by atoms with Gasteiger partial charge in [0.05, 0.1) is 5.57 Å². The number of carbonyl (C=O) groups is 3. The van der Waals surface area contributed by atoms with Gasteiger partial charge >= 0.3 is 6.09 Å². The highest BCUT2D eigenvalue weighted by Gasteiger charge is 2.37. The zero-order chi connectivity index (χ0) is 17.2. The molecule has 1 fully saturated rings. The van der Waals surface area contributed by atoms with E-state index in [1.165, 1.54) is 5.01 Å². The summed E-state index contributed by atoms with van der Waals surface area (Å²) in [5, 5.41) is 1.32. The van der Waals surface area contributed by atoms with Gasteiger partial charge in [0.15, 0.2) is 11.6 Å². The first kappa shape index (κ1) is 17.5. The predicted octanol–water partition coefficient (Wildman–Crippen LogP) is 2.73. The lowest BCUT2D eigenvalue weighted by atomic mass is 9.90. The minimum absolute atomic E-state index is 0.0135. The van der Waals surface area contributed by atoms with Crippen molar-refractivity contribution in [3.8, 4) is 0 Å². The number of nitrogens with one attached hydrogen (secondary N) is 1. The Morgan fingerprint density at radius 2 is 1.91 bits per heavy atom. The second-order valence-electron chi connectivity index (χ2n) is 7.11. The van der Waals surface area contributed by atoms with E-state index in [0.717, 1.165) is 12.8 Å². The summed E-state index contributed by atoms with van der Waals surface area (Å²) in [4.78, 5) is 36.8. The number of amides is 1. The molecule has 0 unspecified atom stereocenters. The molecule has 2 rings (SSSR count). The van der Waals surface area contributed by atoms with Crippen molar-refractivity contribution < 1.29 is 19.1 Å². The van der Waals surface area contributed by atoms with E-state index in [4.69, 9.17) is 4.74 Å². The Labute approximate surface area is 137 Å². The molecular weight excluding hydrogens is 296 g/mol. The number of ketones is 2. The largest absolute Gasteiger partial charge is 0.442 e. The van der Waals surface area contributed by atoms with Gasteiger partial charge in [-0.25, -0.2) is 9.80 Å². The molecule has 1 amide bonds. The van der Waals surface area contributed by atoms with Crippen LogP contribution in [0.1, 0.15) is 59.8 Å². The van der Waals surface area contributed by atoms with E-state index in [1.807, 2.05) is 6.92 Å². The fraction of sp³-hybridized carbons (Fsp3) is 0.706. The highest BCUT2D eigenvalue weighted by atomic mass is 16.6. The lowest BCUT2D eigenvalue weighted by Crippen LogP contribution is -2.46. The molecule has 6 nitrogen and oxygen atoms in total. The average Bonchev–Trinajstić information content (AvgIpc) is 3.26. The molecule has 6 heteroatoms. The summed E-state index contributed by atoms with van der Waals surface area (Å²) in [6.45, 7) is 7.57. The van der Waals surface area contributed by atoms with Gasteiger partial charge in [-0.05, 0) is 53.4 Å². The Morgan fingerprint density at radius 1 is 1.26 bits per heavy atom. The summed E-state index contributed by atoms with van der Waals surface area (Å²) in [7, 11) is 0. The van der Waals surface area contributed by atoms with Gasteiger partial charge in [0.2, 0.25) is 0 Å². The third-order valence-electron chi connectivity index (χ3n) is 3.81. The highest BCUT2D eigenvalue weighted by Crippen LogP contribution is 2.35. The monoisotopic (exact) mass is 322 g/mol. The predicted molar refractivity (Wildman–Crippen MR) is 85.4 cm³/mol. The van der Waals surface area contributed by atoms with Crippen molar-refractivity contribution >= 4 is 17.7 Å². The minimum Gasteiger partial charge on any atom is -0.442 e. The number of Topliss-reactive ketones (excluding diaryl/α,β-unsaturated/α-hetero) is 2. The zero-order valence-corrected chi connectivity index (χ0v) is 14.4. The van der Waals surface area contributed by atoms with E-state index in [-0.39, 0.29) is 23.1 Å². The van der Waals surface area contributed by atoms with Crippen LogP contribution in [0.25, 0.3) is 0 Å². The third kappa shape index (κ3) is 4.56. The number of ether oxygens (including phenoxy) is 1. The molecule has 0 spiro atoms. The molecule has 0 saturated heterocycles. The van der Waals surface area contributed by atoms with Crippen molar-refractivity contribution in [1.82, 2.24) is 10.4 Å². The van der Waals surface area contributed by atoms with Crippen LogP contribution < -0.4 is 5.43 Å². The quantitative estimate of drug-likeness (QED) is 0.622. The summed E-state index contributed by atoms with van der Waals surface area (Å²) in [5.41, 5.74) is 3.19. The summed E-state index contributed by atoms with van der Waals surface area (Å²) in [6.07, 6.45) is 2.88. The molecule has 0 aliphatic heterocycles. The fourth-order valence-corrected chi connectivity index (χ4v) is 2.53. The Bertz CT molecular complexity index is 541. The molecule has 0 aromatic heterocycles. The molecule has 1 N–H and O–H groups in total. The second-order valence-corrected chi connectivity index (χ2v) is 7.11. The van der Waals surface area contributed by atoms with Crippen LogP contribution in [0.4, 0.5) is 4.79 Å². The van der Waals surface area contributed by atoms with Gasteiger partial charge in [-0.1, -0.05) is 0 Å². The molecule has 128 valence electrons. The summed E-state index contributed by atoms with van der Waals surface area (Å²) >= 11 is 0. The SMILES string of the molecule is CCN(NC1=C(C(=O)C2CC2)C(=O)CCC1)C(=O)OC(C)(C)C. The molecule has 0 aromatic rings. The van der Waals surface area contributed by atoms with E-state index in [1.54, 1.807) is 20.8 Å². The molecule has 0 aromatic carbocycles. The van der Waals surface area contributed by atoms with Crippen LogP contribution in [0.15, 0.2) is 11.3 Å². The fourth-order valence-electron chi connectivity index (χ4n) is 2.53. The van der Waals surface area contributed by atoms with Crippen LogP contribution >= 0.6 is 0 Å². The third-order valence-corrected chi connectivity index (χ3v) is 3.81. The first-order chi connectivity index (χ1) is 10.7. The highest BCUT2D eigenvalue weighted by molar-refractivity contribution is 6.22. The Morgan fingerprint density at radius 3 is 2.43 bits per heavy atom. The zero-order valence-electron chi connectivity index (χ0n) is 14.4. The molecule has 0 bridgehead atoms. The van der Waals surface area contributed by atoms with Crippen LogP contribution in [-0.2, 0) is 14.3 Å². The normalized spacial score (nSPS) is 18.7. The Balaban J connectivity index is 2.18. The molecule has 1 saturated carbocycles. The summed E-state index contributed by atoms with van der Waals surface area (Å²) in [5.74, 6) is -0.200. The first-order valence-electron chi connectivity index (χ1n) is 8.30. The van der Waals surface area contributed by atoms with Crippen molar-refractivity contribution in [2.24, 2.45) is 5.92 Å². The van der Waals surface area contributed by atoms with E-state index in [0.29, 0.717) is 31.5 Å². The number of hydrazine groups is 1. The number of rotatable bonds is 5. The van der Waals surface area contributed by atoms with E-state index >= 15 is 0 Å². The van der Waals surface area contributed by atoms with E-state index < -0.39 is 11.7 Å². The summed E-state index contributed by atoms with van der Waals surface area (Å²) in [6, 6.07) is 0. The topological polar surface area (TPSA) is 75.7 Å². The van der Waals surface area contributed by atoms with Gasteiger partial charge in [-0.3, -0.25) is 15.0 Å². The van der Waals surface area contributed by atoms with Crippen molar-refractivity contribution in [1.29, 1.82) is 0 Å². The van der Waals surface area contributed by atoms with Gasteiger partial charge in [0.1, 0.15) is 5.60 Å². The minimum atomic E-state index is -0.602. The molecule has 0 heterocycles. The smallest absolute Gasteiger partial charge is 0.429 e. The van der Waals surface area contributed by atoms with Crippen LogP contribution in [0.2, 0.25) is 0 Å². The molecule has 2 aliphatic rings. The molecule has 0 radical (unpaired) electrons. The maximum absolute atomic E-state index is 12.4. The van der Waals surface area contributed by atoms with E-state index in [9.17, 15) is 14.4 Å². The number of hydrogen-bond donors (Lipinski definition) is 1. The van der Waals surface area contributed by atoms with E-state index in [2.05, 4.69) is 5.43 Å². The maximum atomic E-state index is 12.4. The molecule has 2 aliphatic carbocycles. The second kappa shape index (κ2) is 6.72. The lowest BCUT2D eigenvalue weighted by Gasteiger charge is -2.30. The van der Waals surface area contributed by atoms with Gasteiger partial charge in [0.25, 0.3) is 0 Å². The first-order valence-corrected chi connectivity index (χ1v) is 8.30. The number of nitrogens with zero attached hydrogens (tertiary/aromatic N) is 1. The summed E-state index contributed by atoms with van der Waals surface area (Å²) < 4.78 is 5.35. The molecule has 23 heavy (non-hydrogen) atoms. The maximum Gasteiger partial charge on any atom is 0.429 e. The van der Waals surface area contributed by atoms with Gasteiger partial charge < -0.3 is 4.74 Å². The van der Waals surface area contributed by atoms with Crippen LogP contribution in [0.3, 0.4) is 0 Å². The van der Waals surface area contributed by atoms with Gasteiger partial charge in [-0.2, -0.15) is 0 Å². The van der Waals surface area contributed by atoms with Crippen molar-refractivity contribution in [2.45, 2.75) is 65.4 Å². The van der Waals surface area contributed by atoms with Crippen molar-refractivity contribution in [3.63, 3.8) is 0 Å². The Hall–Kier alpha value is -1.85. The Kier molecular flexibility index (Phi) is 5.12. The lowest BCUT2D eigenvalue weighted by molar-refractivity contribution is -0.122. The van der Waals surface area contributed by atoms with Gasteiger partial charge in [0, 0.05) is 24.6 Å². The van der Waals surface area contributed by atoms with Crippen LogP contribution in [0.5, 0.6) is 0 Å². The van der Waals surface area contributed by atoms with Gasteiger partial charge in [-0.15, -0.1) is 0 Å². The number of hydrogen-bond acceptors (Lipinski definition) is 5. The molecule has 0 atom stereocenters. The van der Waals surface area contributed by atoms with Crippen molar-refractivity contribution in [3.05, 3.63) is 11.3 Å². The van der Waals surface area contributed by atoms with Crippen molar-refractivity contribution in [2.75, 3.05) is 6.54 Å².